The Morgan fingerprint density at radius 2 is 1.38 bits per heavy atom. The van der Waals surface area contributed by atoms with E-state index in [1.54, 1.807) is 14.2 Å². The average Bonchev–Trinajstić information content (AvgIpc) is 2.76. The SMILES string of the molecule is COc1cc(CN2CCN(Cc3cccc4ccccc34)CC2)cc(OC)c1O. The van der Waals surface area contributed by atoms with Gasteiger partial charge in [-0.25, -0.2) is 0 Å². The van der Waals surface area contributed by atoms with Gasteiger partial charge in [0.1, 0.15) is 0 Å². The highest BCUT2D eigenvalue weighted by atomic mass is 16.5. The fourth-order valence-corrected chi connectivity index (χ4v) is 4.07. The van der Waals surface area contributed by atoms with E-state index in [0.29, 0.717) is 11.5 Å². The van der Waals surface area contributed by atoms with Gasteiger partial charge in [-0.3, -0.25) is 9.80 Å². The molecule has 0 atom stereocenters. The lowest BCUT2D eigenvalue weighted by atomic mass is 10.0. The summed E-state index contributed by atoms with van der Waals surface area (Å²) in [6, 6.07) is 19.0. The van der Waals surface area contributed by atoms with Crippen molar-refractivity contribution < 1.29 is 14.6 Å². The van der Waals surface area contributed by atoms with Gasteiger partial charge in [0.15, 0.2) is 11.5 Å². The van der Waals surface area contributed by atoms with E-state index in [-0.39, 0.29) is 5.75 Å². The van der Waals surface area contributed by atoms with Crippen LogP contribution in [-0.2, 0) is 13.1 Å². The van der Waals surface area contributed by atoms with Gasteiger partial charge in [-0.15, -0.1) is 0 Å². The first-order valence-electron chi connectivity index (χ1n) is 10.0. The molecule has 1 aliphatic rings. The van der Waals surface area contributed by atoms with Crippen molar-refractivity contribution in [2.75, 3.05) is 40.4 Å². The molecule has 1 heterocycles. The Labute approximate surface area is 172 Å². The second-order valence-corrected chi connectivity index (χ2v) is 7.54. The molecule has 5 nitrogen and oxygen atoms in total. The van der Waals surface area contributed by atoms with Crippen LogP contribution < -0.4 is 9.47 Å². The summed E-state index contributed by atoms with van der Waals surface area (Å²) in [7, 11) is 3.12. The molecule has 1 N–H and O–H groups in total. The zero-order valence-corrected chi connectivity index (χ0v) is 17.1. The van der Waals surface area contributed by atoms with Gasteiger partial charge >= 0.3 is 0 Å². The monoisotopic (exact) mass is 392 g/mol. The predicted molar refractivity (Wildman–Crippen MR) is 116 cm³/mol. The van der Waals surface area contributed by atoms with Crippen molar-refractivity contribution in [2.45, 2.75) is 13.1 Å². The number of rotatable bonds is 6. The highest BCUT2D eigenvalue weighted by Crippen LogP contribution is 2.37. The minimum atomic E-state index is 0.0543. The largest absolute Gasteiger partial charge is 0.502 e. The van der Waals surface area contributed by atoms with E-state index >= 15 is 0 Å². The van der Waals surface area contributed by atoms with Gasteiger partial charge in [0.2, 0.25) is 5.75 Å². The molecule has 0 bridgehead atoms. The first-order valence-corrected chi connectivity index (χ1v) is 10.0. The molecule has 0 radical (unpaired) electrons. The van der Waals surface area contributed by atoms with Gasteiger partial charge in [0, 0.05) is 39.3 Å². The molecule has 1 fully saturated rings. The molecule has 5 heteroatoms. The molecule has 29 heavy (non-hydrogen) atoms. The number of phenolic OH excluding ortho intramolecular Hbond substituents is 1. The maximum absolute atomic E-state index is 10.1. The Hall–Kier alpha value is -2.76. The van der Waals surface area contributed by atoms with Crippen molar-refractivity contribution in [3.63, 3.8) is 0 Å². The number of hydrogen-bond donors (Lipinski definition) is 1. The molecule has 3 aromatic rings. The van der Waals surface area contributed by atoms with E-state index < -0.39 is 0 Å². The molecular weight excluding hydrogens is 364 g/mol. The van der Waals surface area contributed by atoms with Gasteiger partial charge in [-0.1, -0.05) is 42.5 Å². The standard InChI is InChI=1S/C24H28N2O3/c1-28-22-14-18(15-23(29-2)24(22)27)16-25-10-12-26(13-11-25)17-20-8-5-7-19-6-3-4-9-21(19)20/h3-9,14-15,27H,10-13,16-17H2,1-2H3. The van der Waals surface area contributed by atoms with Crippen molar-refractivity contribution in [2.24, 2.45) is 0 Å². The third kappa shape index (κ3) is 4.31. The number of methoxy groups -OCH3 is 2. The lowest BCUT2D eigenvalue weighted by Gasteiger charge is -2.35. The Balaban J connectivity index is 1.39. The van der Waals surface area contributed by atoms with Crippen molar-refractivity contribution in [3.05, 3.63) is 65.7 Å². The van der Waals surface area contributed by atoms with Crippen LogP contribution in [0.4, 0.5) is 0 Å². The van der Waals surface area contributed by atoms with Gasteiger partial charge in [0.05, 0.1) is 14.2 Å². The molecule has 0 spiro atoms. The van der Waals surface area contributed by atoms with Crippen LogP contribution in [-0.4, -0.2) is 55.3 Å². The minimum Gasteiger partial charge on any atom is -0.502 e. The number of fused-ring (bicyclic) bond motifs is 1. The first kappa shape index (κ1) is 19.6. The number of benzene rings is 3. The van der Waals surface area contributed by atoms with Gasteiger partial charge < -0.3 is 14.6 Å². The molecule has 3 aromatic carbocycles. The molecule has 0 unspecified atom stereocenters. The van der Waals surface area contributed by atoms with E-state index in [1.165, 1.54) is 16.3 Å². The normalized spacial score (nSPS) is 15.5. The van der Waals surface area contributed by atoms with Crippen LogP contribution in [0.15, 0.2) is 54.6 Å². The molecule has 4 rings (SSSR count). The maximum atomic E-state index is 10.1. The first-order chi connectivity index (χ1) is 14.2. The van der Waals surface area contributed by atoms with Crippen LogP contribution in [0.5, 0.6) is 17.2 Å². The molecule has 0 amide bonds. The summed E-state index contributed by atoms with van der Waals surface area (Å²) in [5, 5.41) is 12.8. The smallest absolute Gasteiger partial charge is 0.200 e. The van der Waals surface area contributed by atoms with Crippen LogP contribution >= 0.6 is 0 Å². The van der Waals surface area contributed by atoms with Crippen LogP contribution in [0.1, 0.15) is 11.1 Å². The molecule has 152 valence electrons. The second-order valence-electron chi connectivity index (χ2n) is 7.54. The van der Waals surface area contributed by atoms with Gasteiger partial charge in [-0.2, -0.15) is 0 Å². The Morgan fingerprint density at radius 1 is 0.793 bits per heavy atom. The summed E-state index contributed by atoms with van der Waals surface area (Å²) < 4.78 is 10.6. The highest BCUT2D eigenvalue weighted by Gasteiger charge is 2.19. The number of ether oxygens (including phenoxy) is 2. The van der Waals surface area contributed by atoms with Crippen LogP contribution in [0, 0.1) is 0 Å². The van der Waals surface area contributed by atoms with Crippen LogP contribution in [0.25, 0.3) is 10.8 Å². The van der Waals surface area contributed by atoms with Crippen molar-refractivity contribution in [3.8, 4) is 17.2 Å². The summed E-state index contributed by atoms with van der Waals surface area (Å²) in [6.07, 6.45) is 0. The lowest BCUT2D eigenvalue weighted by Crippen LogP contribution is -2.45. The Morgan fingerprint density at radius 3 is 2.03 bits per heavy atom. The number of piperazine rings is 1. The van der Waals surface area contributed by atoms with E-state index in [4.69, 9.17) is 9.47 Å². The van der Waals surface area contributed by atoms with E-state index in [0.717, 1.165) is 44.8 Å². The van der Waals surface area contributed by atoms with Crippen molar-refractivity contribution in [1.29, 1.82) is 0 Å². The summed E-state index contributed by atoms with van der Waals surface area (Å²) >= 11 is 0. The third-order valence-electron chi connectivity index (χ3n) is 5.68. The summed E-state index contributed by atoms with van der Waals surface area (Å²) in [5.41, 5.74) is 2.48. The number of nitrogens with zero attached hydrogens (tertiary/aromatic N) is 2. The molecule has 0 aliphatic carbocycles. The topological polar surface area (TPSA) is 45.2 Å². The number of aromatic hydroxyl groups is 1. The summed E-state index contributed by atoms with van der Waals surface area (Å²) in [5.74, 6) is 0.960. The summed E-state index contributed by atoms with van der Waals surface area (Å²) in [4.78, 5) is 4.96. The molecular formula is C24H28N2O3. The van der Waals surface area contributed by atoms with E-state index in [1.807, 2.05) is 12.1 Å². The highest BCUT2D eigenvalue weighted by molar-refractivity contribution is 5.85. The molecule has 0 saturated carbocycles. The minimum absolute atomic E-state index is 0.0543. The zero-order chi connectivity index (χ0) is 20.2. The van der Waals surface area contributed by atoms with Gasteiger partial charge in [0.25, 0.3) is 0 Å². The maximum Gasteiger partial charge on any atom is 0.200 e. The molecule has 0 aromatic heterocycles. The van der Waals surface area contributed by atoms with Crippen LogP contribution in [0.2, 0.25) is 0 Å². The van der Waals surface area contributed by atoms with Crippen molar-refractivity contribution >= 4 is 10.8 Å². The fraction of sp³-hybridized carbons (Fsp3) is 0.333. The van der Waals surface area contributed by atoms with E-state index in [9.17, 15) is 5.11 Å². The van der Waals surface area contributed by atoms with E-state index in [2.05, 4.69) is 52.3 Å². The Kier molecular flexibility index (Phi) is 5.88. The number of phenols is 1. The summed E-state index contributed by atoms with van der Waals surface area (Å²) in [6.45, 7) is 5.89. The third-order valence-corrected chi connectivity index (χ3v) is 5.68. The predicted octanol–water partition coefficient (Wildman–Crippen LogP) is 3.88. The molecule has 1 saturated heterocycles. The second kappa shape index (κ2) is 8.72. The number of hydrogen-bond acceptors (Lipinski definition) is 5. The zero-order valence-electron chi connectivity index (χ0n) is 17.1. The lowest BCUT2D eigenvalue weighted by molar-refractivity contribution is 0.122. The van der Waals surface area contributed by atoms with Crippen molar-refractivity contribution in [1.82, 2.24) is 9.80 Å². The average molecular weight is 392 g/mol. The molecule has 1 aliphatic heterocycles. The van der Waals surface area contributed by atoms with Gasteiger partial charge in [-0.05, 0) is 34.0 Å². The fourth-order valence-electron chi connectivity index (χ4n) is 4.07. The van der Waals surface area contributed by atoms with Crippen LogP contribution in [0.3, 0.4) is 0 Å². The quantitative estimate of drug-likeness (QED) is 0.690. The Bertz CT molecular complexity index is 951.